The molecule has 0 atom stereocenters. The van der Waals surface area contributed by atoms with Crippen molar-refractivity contribution in [2.24, 2.45) is 0 Å². The van der Waals surface area contributed by atoms with Gasteiger partial charge in [0.1, 0.15) is 5.82 Å². The van der Waals surface area contributed by atoms with E-state index >= 15 is 0 Å². The number of hydrogen-bond acceptors (Lipinski definition) is 4. The third-order valence-electron chi connectivity index (χ3n) is 5.80. The van der Waals surface area contributed by atoms with Crippen molar-refractivity contribution < 1.29 is 4.79 Å². The monoisotopic (exact) mass is 415 g/mol. The van der Waals surface area contributed by atoms with Crippen LogP contribution in [-0.4, -0.2) is 47.1 Å². The number of urea groups is 1. The van der Waals surface area contributed by atoms with Gasteiger partial charge in [0, 0.05) is 49.2 Å². The molecular weight excluding hydrogens is 386 g/mol. The minimum atomic E-state index is -0.0536. The summed E-state index contributed by atoms with van der Waals surface area (Å²) in [6.45, 7) is 11.0. The zero-order valence-electron chi connectivity index (χ0n) is 18.6. The summed E-state index contributed by atoms with van der Waals surface area (Å²) < 4.78 is 0. The van der Waals surface area contributed by atoms with E-state index in [0.29, 0.717) is 13.1 Å². The number of nitrogens with zero attached hydrogens (tertiary/aromatic N) is 4. The predicted molar refractivity (Wildman–Crippen MR) is 126 cm³/mol. The van der Waals surface area contributed by atoms with Gasteiger partial charge in [-0.15, -0.1) is 0 Å². The van der Waals surface area contributed by atoms with Crippen LogP contribution >= 0.6 is 0 Å². The Hall–Kier alpha value is -3.41. The minimum Gasteiger partial charge on any atom is -0.353 e. The van der Waals surface area contributed by atoms with E-state index in [1.165, 1.54) is 16.7 Å². The molecule has 1 aliphatic heterocycles. The van der Waals surface area contributed by atoms with Gasteiger partial charge in [-0.2, -0.15) is 0 Å². The van der Waals surface area contributed by atoms with Crippen LogP contribution < -0.4 is 10.2 Å². The van der Waals surface area contributed by atoms with Gasteiger partial charge in [-0.3, -0.25) is 0 Å². The fraction of sp³-hybridized carbons (Fsp3) is 0.320. The van der Waals surface area contributed by atoms with Gasteiger partial charge < -0.3 is 15.1 Å². The molecule has 0 aliphatic carbocycles. The molecule has 1 aromatic heterocycles. The lowest BCUT2D eigenvalue weighted by Gasteiger charge is -2.35. The second-order valence-electron chi connectivity index (χ2n) is 8.26. The molecule has 3 aromatic rings. The molecule has 0 bridgehead atoms. The molecule has 2 amide bonds. The Morgan fingerprint density at radius 3 is 2.23 bits per heavy atom. The number of carbonyl (C=O) groups excluding carboxylic acids is 1. The molecule has 2 aromatic carbocycles. The van der Waals surface area contributed by atoms with Crippen LogP contribution in [0, 0.1) is 27.7 Å². The smallest absolute Gasteiger partial charge is 0.321 e. The van der Waals surface area contributed by atoms with Gasteiger partial charge in [-0.1, -0.05) is 35.9 Å². The molecule has 1 saturated heterocycles. The Morgan fingerprint density at radius 1 is 0.839 bits per heavy atom. The summed E-state index contributed by atoms with van der Waals surface area (Å²) in [4.78, 5) is 26.2. The lowest BCUT2D eigenvalue weighted by molar-refractivity contribution is 0.208. The molecule has 0 saturated carbocycles. The van der Waals surface area contributed by atoms with Crippen molar-refractivity contribution in [3.8, 4) is 11.4 Å². The highest BCUT2D eigenvalue weighted by Gasteiger charge is 2.23. The molecule has 1 fully saturated rings. The second kappa shape index (κ2) is 8.76. The summed E-state index contributed by atoms with van der Waals surface area (Å²) in [5.74, 6) is 1.65. The third-order valence-corrected chi connectivity index (χ3v) is 5.80. The number of nitrogens with one attached hydrogen (secondary N) is 1. The average molecular weight is 416 g/mol. The lowest BCUT2D eigenvalue weighted by atomic mass is 10.1. The number of aryl methyl sites for hydroxylation is 4. The Labute approximate surface area is 183 Å². The van der Waals surface area contributed by atoms with E-state index in [1.807, 2.05) is 36.1 Å². The summed E-state index contributed by atoms with van der Waals surface area (Å²) in [6, 6.07) is 16.2. The van der Waals surface area contributed by atoms with Crippen LogP contribution in [0.25, 0.3) is 11.4 Å². The van der Waals surface area contributed by atoms with Gasteiger partial charge in [-0.05, 0) is 51.0 Å². The third kappa shape index (κ3) is 4.85. The van der Waals surface area contributed by atoms with E-state index in [1.54, 1.807) is 0 Å². The first-order valence-electron chi connectivity index (χ1n) is 10.7. The Balaban J connectivity index is 1.42. The molecule has 31 heavy (non-hydrogen) atoms. The van der Waals surface area contributed by atoms with Crippen LogP contribution in [0.5, 0.6) is 0 Å². The molecule has 160 valence electrons. The predicted octanol–water partition coefficient (Wildman–Crippen LogP) is 4.73. The number of rotatable bonds is 3. The Bertz CT molecular complexity index is 1090. The van der Waals surface area contributed by atoms with Crippen LogP contribution in [0.1, 0.15) is 22.4 Å². The number of anilines is 2. The fourth-order valence-electron chi connectivity index (χ4n) is 3.71. The van der Waals surface area contributed by atoms with E-state index in [0.717, 1.165) is 41.7 Å². The first-order chi connectivity index (χ1) is 14.9. The number of carbonyl (C=O) groups is 1. The van der Waals surface area contributed by atoms with E-state index in [4.69, 9.17) is 4.98 Å². The van der Waals surface area contributed by atoms with E-state index in [9.17, 15) is 4.79 Å². The summed E-state index contributed by atoms with van der Waals surface area (Å²) >= 11 is 0. The standard InChI is InChI=1S/C25H29N5O/c1-17-5-8-21(9-6-17)24-26-20(4)16-23(28-24)29-11-13-30(14-12-29)25(31)27-22-10-7-18(2)19(3)15-22/h5-10,15-16H,11-14H2,1-4H3,(H,27,31). The van der Waals surface area contributed by atoms with Crippen molar-refractivity contribution in [2.45, 2.75) is 27.7 Å². The van der Waals surface area contributed by atoms with Gasteiger partial charge in [0.2, 0.25) is 0 Å². The summed E-state index contributed by atoms with van der Waals surface area (Å²) in [6.07, 6.45) is 0. The molecule has 4 rings (SSSR count). The van der Waals surface area contributed by atoms with Crippen LogP contribution in [0.15, 0.2) is 48.5 Å². The maximum atomic E-state index is 12.7. The number of amides is 2. The van der Waals surface area contributed by atoms with Gasteiger partial charge >= 0.3 is 6.03 Å². The molecule has 0 unspecified atom stereocenters. The molecule has 2 heterocycles. The second-order valence-corrected chi connectivity index (χ2v) is 8.26. The molecule has 1 aliphatic rings. The maximum absolute atomic E-state index is 12.7. The largest absolute Gasteiger partial charge is 0.353 e. The number of hydrogen-bond donors (Lipinski definition) is 1. The van der Waals surface area contributed by atoms with Gasteiger partial charge in [0.15, 0.2) is 5.82 Å². The van der Waals surface area contributed by atoms with Crippen molar-refractivity contribution in [3.05, 3.63) is 70.9 Å². The topological polar surface area (TPSA) is 61.4 Å². The highest BCUT2D eigenvalue weighted by Crippen LogP contribution is 2.22. The van der Waals surface area contributed by atoms with Crippen molar-refractivity contribution in [1.82, 2.24) is 14.9 Å². The molecule has 6 nitrogen and oxygen atoms in total. The van der Waals surface area contributed by atoms with Crippen molar-refractivity contribution in [3.63, 3.8) is 0 Å². The summed E-state index contributed by atoms with van der Waals surface area (Å²) in [5.41, 5.74) is 6.40. The lowest BCUT2D eigenvalue weighted by Crippen LogP contribution is -2.50. The van der Waals surface area contributed by atoms with Gasteiger partial charge in [-0.25, -0.2) is 14.8 Å². The fourth-order valence-corrected chi connectivity index (χ4v) is 3.71. The number of benzene rings is 2. The Kier molecular flexibility index (Phi) is 5.89. The molecular formula is C25H29N5O. The molecule has 6 heteroatoms. The normalized spacial score (nSPS) is 13.9. The van der Waals surface area contributed by atoms with Crippen molar-refractivity contribution in [2.75, 3.05) is 36.4 Å². The van der Waals surface area contributed by atoms with Crippen molar-refractivity contribution in [1.29, 1.82) is 0 Å². The maximum Gasteiger partial charge on any atom is 0.321 e. The van der Waals surface area contributed by atoms with Crippen molar-refractivity contribution >= 4 is 17.5 Å². The average Bonchev–Trinajstić information content (AvgIpc) is 2.76. The molecule has 0 spiro atoms. The summed E-state index contributed by atoms with van der Waals surface area (Å²) in [5, 5.41) is 3.02. The minimum absolute atomic E-state index is 0.0536. The summed E-state index contributed by atoms with van der Waals surface area (Å²) in [7, 11) is 0. The van der Waals surface area contributed by atoms with Crippen LogP contribution in [0.2, 0.25) is 0 Å². The van der Waals surface area contributed by atoms with E-state index < -0.39 is 0 Å². The highest BCUT2D eigenvalue weighted by molar-refractivity contribution is 5.89. The van der Waals surface area contributed by atoms with E-state index in [-0.39, 0.29) is 6.03 Å². The van der Waals surface area contributed by atoms with Crippen LogP contribution in [0.3, 0.4) is 0 Å². The quantitative estimate of drug-likeness (QED) is 0.672. The van der Waals surface area contributed by atoms with Gasteiger partial charge in [0.05, 0.1) is 0 Å². The zero-order valence-corrected chi connectivity index (χ0v) is 18.6. The highest BCUT2D eigenvalue weighted by atomic mass is 16.2. The number of piperazine rings is 1. The first kappa shape index (κ1) is 20.8. The SMILES string of the molecule is Cc1ccc(-c2nc(C)cc(N3CCN(C(=O)Nc4ccc(C)c(C)c4)CC3)n2)cc1. The molecule has 1 N–H and O–H groups in total. The van der Waals surface area contributed by atoms with Crippen LogP contribution in [-0.2, 0) is 0 Å². The first-order valence-corrected chi connectivity index (χ1v) is 10.7. The van der Waals surface area contributed by atoms with Crippen LogP contribution in [0.4, 0.5) is 16.3 Å². The molecule has 0 radical (unpaired) electrons. The Morgan fingerprint density at radius 2 is 1.55 bits per heavy atom. The zero-order chi connectivity index (χ0) is 22.0. The van der Waals surface area contributed by atoms with Gasteiger partial charge in [0.25, 0.3) is 0 Å². The number of aromatic nitrogens is 2. The van der Waals surface area contributed by atoms with E-state index in [2.05, 4.69) is 60.2 Å².